The van der Waals surface area contributed by atoms with Gasteiger partial charge in [-0.1, -0.05) is 24.6 Å². The molecule has 2 aromatic rings. The van der Waals surface area contributed by atoms with Gasteiger partial charge in [-0.05, 0) is 74.3 Å². The van der Waals surface area contributed by atoms with Crippen molar-refractivity contribution in [1.29, 1.82) is 0 Å². The van der Waals surface area contributed by atoms with Crippen molar-refractivity contribution < 1.29 is 22.7 Å². The third-order valence-corrected chi connectivity index (χ3v) is 6.09. The third-order valence-electron chi connectivity index (χ3n) is 5.86. The Morgan fingerprint density at radius 1 is 1.23 bits per heavy atom. The molecule has 31 heavy (non-hydrogen) atoms. The minimum absolute atomic E-state index is 0.0408. The lowest BCUT2D eigenvalue weighted by atomic mass is 9.75. The maximum absolute atomic E-state index is 12.8. The summed E-state index contributed by atoms with van der Waals surface area (Å²) in [6.07, 6.45) is 1.38. The number of alkyl halides is 3. The normalized spacial score (nSPS) is 20.2. The van der Waals surface area contributed by atoms with Gasteiger partial charge in [0.2, 0.25) is 5.91 Å². The molecule has 1 fully saturated rings. The van der Waals surface area contributed by atoms with E-state index in [4.69, 9.17) is 16.3 Å². The number of benzene rings is 1. The summed E-state index contributed by atoms with van der Waals surface area (Å²) in [5.74, 6) is 1.10. The van der Waals surface area contributed by atoms with Gasteiger partial charge < -0.3 is 10.1 Å². The van der Waals surface area contributed by atoms with Crippen LogP contribution in [0.5, 0.6) is 5.75 Å². The second-order valence-electron chi connectivity index (χ2n) is 7.98. The molecule has 1 aliphatic rings. The molecule has 0 bridgehead atoms. The fraction of sp³-hybridized carbons (Fsp3) is 0.478. The lowest BCUT2D eigenvalue weighted by Gasteiger charge is -2.32. The maximum atomic E-state index is 12.8. The summed E-state index contributed by atoms with van der Waals surface area (Å²) in [6.45, 7) is 2.38. The van der Waals surface area contributed by atoms with E-state index < -0.39 is 11.7 Å². The number of carbonyl (C=O) groups is 1. The number of halogens is 4. The average Bonchev–Trinajstić information content (AvgIpc) is 2.75. The zero-order valence-electron chi connectivity index (χ0n) is 17.3. The van der Waals surface area contributed by atoms with Crippen LogP contribution in [0.1, 0.15) is 44.6 Å². The molecule has 3 rings (SSSR count). The molecule has 1 saturated carbocycles. The molecule has 8 heteroatoms. The van der Waals surface area contributed by atoms with Gasteiger partial charge >= 0.3 is 6.18 Å². The van der Waals surface area contributed by atoms with E-state index >= 15 is 0 Å². The van der Waals surface area contributed by atoms with Crippen molar-refractivity contribution in [3.8, 4) is 5.75 Å². The number of pyridine rings is 1. The van der Waals surface area contributed by atoms with Crippen molar-refractivity contribution >= 4 is 23.3 Å². The van der Waals surface area contributed by atoms with Crippen molar-refractivity contribution in [2.24, 2.45) is 17.8 Å². The minimum atomic E-state index is -4.38. The highest BCUT2D eigenvalue weighted by atomic mass is 35.5. The van der Waals surface area contributed by atoms with Crippen LogP contribution in [0.15, 0.2) is 42.6 Å². The van der Waals surface area contributed by atoms with Crippen LogP contribution in [0.2, 0.25) is 5.02 Å². The van der Waals surface area contributed by atoms with Crippen molar-refractivity contribution in [3.63, 3.8) is 0 Å². The molecular formula is C23H26ClF3N2O2. The van der Waals surface area contributed by atoms with Gasteiger partial charge in [0.15, 0.2) is 0 Å². The standard InChI is InChI=1S/C23H26ClF3N2O2/c1-2-20(22(30)29-21-11-10-18(24)13-28-21)16-8-6-15(7-9-16)14-31-19-5-3-4-17(12-19)23(25,26)27/h3-5,10-13,15-16,20H,2,6-9,14H2,1H3,(H,28,29,30)/t15-,16+,20-/m1/s1. The number of nitrogens with one attached hydrogen (secondary N) is 1. The van der Waals surface area contributed by atoms with Gasteiger partial charge in [0, 0.05) is 12.1 Å². The molecule has 1 atom stereocenters. The van der Waals surface area contributed by atoms with Gasteiger partial charge in [0.1, 0.15) is 11.6 Å². The van der Waals surface area contributed by atoms with Crippen LogP contribution >= 0.6 is 11.6 Å². The predicted octanol–water partition coefficient (Wildman–Crippen LogP) is 6.60. The molecule has 1 aromatic heterocycles. The van der Waals surface area contributed by atoms with Gasteiger partial charge in [0.25, 0.3) is 0 Å². The van der Waals surface area contributed by atoms with Gasteiger partial charge in [-0.25, -0.2) is 4.98 Å². The highest BCUT2D eigenvalue weighted by molar-refractivity contribution is 6.30. The van der Waals surface area contributed by atoms with Gasteiger partial charge in [-0.3, -0.25) is 4.79 Å². The van der Waals surface area contributed by atoms with Crippen molar-refractivity contribution in [1.82, 2.24) is 4.98 Å². The van der Waals surface area contributed by atoms with Gasteiger partial charge in [0.05, 0.1) is 17.2 Å². The van der Waals surface area contributed by atoms with E-state index in [1.165, 1.54) is 12.3 Å². The number of aromatic nitrogens is 1. The first-order chi connectivity index (χ1) is 14.8. The van der Waals surface area contributed by atoms with E-state index in [9.17, 15) is 18.0 Å². The van der Waals surface area contributed by atoms with Crippen molar-refractivity contribution in [2.45, 2.75) is 45.2 Å². The number of hydrogen-bond acceptors (Lipinski definition) is 3. The van der Waals surface area contributed by atoms with E-state index in [1.807, 2.05) is 6.92 Å². The fourth-order valence-corrected chi connectivity index (χ4v) is 4.25. The predicted molar refractivity (Wildman–Crippen MR) is 114 cm³/mol. The monoisotopic (exact) mass is 454 g/mol. The molecule has 1 aromatic carbocycles. The van der Waals surface area contributed by atoms with Crippen LogP contribution in [0.4, 0.5) is 19.0 Å². The third kappa shape index (κ3) is 6.60. The molecule has 0 spiro atoms. The number of ether oxygens (including phenoxy) is 1. The molecule has 0 radical (unpaired) electrons. The minimum Gasteiger partial charge on any atom is -0.493 e. The number of rotatable bonds is 7. The highest BCUT2D eigenvalue weighted by Crippen LogP contribution is 2.36. The number of anilines is 1. The lowest BCUT2D eigenvalue weighted by Crippen LogP contribution is -2.32. The van der Waals surface area contributed by atoms with E-state index in [0.29, 0.717) is 17.4 Å². The Morgan fingerprint density at radius 3 is 2.58 bits per heavy atom. The first-order valence-corrected chi connectivity index (χ1v) is 10.9. The zero-order chi connectivity index (χ0) is 22.4. The Hall–Kier alpha value is -2.28. The van der Waals surface area contributed by atoms with Crippen LogP contribution in [0, 0.1) is 17.8 Å². The topological polar surface area (TPSA) is 51.2 Å². The van der Waals surface area contributed by atoms with Crippen LogP contribution in [-0.2, 0) is 11.0 Å². The number of amides is 1. The summed E-state index contributed by atoms with van der Waals surface area (Å²) in [5, 5.41) is 3.38. The van der Waals surface area contributed by atoms with Crippen LogP contribution in [0.3, 0.4) is 0 Å². The van der Waals surface area contributed by atoms with E-state index in [-0.39, 0.29) is 29.4 Å². The summed E-state index contributed by atoms with van der Waals surface area (Å²) in [6, 6.07) is 8.33. The molecule has 168 valence electrons. The lowest BCUT2D eigenvalue weighted by molar-refractivity contribution is -0.137. The summed E-state index contributed by atoms with van der Waals surface area (Å²) in [5.41, 5.74) is -0.708. The first-order valence-electron chi connectivity index (χ1n) is 10.5. The summed E-state index contributed by atoms with van der Waals surface area (Å²) >= 11 is 5.83. The number of nitrogens with zero attached hydrogens (tertiary/aromatic N) is 1. The molecule has 0 saturated heterocycles. The van der Waals surface area contributed by atoms with Gasteiger partial charge in [-0.15, -0.1) is 0 Å². The summed E-state index contributed by atoms with van der Waals surface area (Å²) in [4.78, 5) is 16.8. The van der Waals surface area contributed by atoms with Crippen LogP contribution in [0.25, 0.3) is 0 Å². The second kappa shape index (κ2) is 10.4. The Morgan fingerprint density at radius 2 is 1.97 bits per heavy atom. The number of carbonyl (C=O) groups excluding carboxylic acids is 1. The molecule has 1 aliphatic carbocycles. The maximum Gasteiger partial charge on any atom is 0.416 e. The van der Waals surface area contributed by atoms with Crippen LogP contribution in [-0.4, -0.2) is 17.5 Å². The van der Waals surface area contributed by atoms with E-state index in [2.05, 4.69) is 10.3 Å². The second-order valence-corrected chi connectivity index (χ2v) is 8.42. The Bertz CT molecular complexity index is 866. The number of hydrogen-bond donors (Lipinski definition) is 1. The molecule has 1 amide bonds. The van der Waals surface area contributed by atoms with Crippen molar-refractivity contribution in [2.75, 3.05) is 11.9 Å². The summed E-state index contributed by atoms with van der Waals surface area (Å²) < 4.78 is 44.2. The van der Waals surface area contributed by atoms with E-state index in [1.54, 1.807) is 18.2 Å². The SMILES string of the molecule is CC[C@@H](C(=O)Nc1ccc(Cl)cn1)[C@H]1CC[C@@H](COc2cccc(C(F)(F)F)c2)CC1. The van der Waals surface area contributed by atoms with E-state index in [0.717, 1.165) is 44.2 Å². The molecule has 0 aliphatic heterocycles. The van der Waals surface area contributed by atoms with Gasteiger partial charge in [-0.2, -0.15) is 13.2 Å². The fourth-order valence-electron chi connectivity index (χ4n) is 4.14. The molecular weight excluding hydrogens is 429 g/mol. The quantitative estimate of drug-likeness (QED) is 0.512. The molecule has 0 unspecified atom stereocenters. The Kier molecular flexibility index (Phi) is 7.81. The highest BCUT2D eigenvalue weighted by Gasteiger charge is 2.32. The smallest absolute Gasteiger partial charge is 0.416 e. The molecule has 1 N–H and O–H groups in total. The molecule has 4 nitrogen and oxygen atoms in total. The Balaban J connectivity index is 1.49. The largest absolute Gasteiger partial charge is 0.493 e. The van der Waals surface area contributed by atoms with Crippen molar-refractivity contribution in [3.05, 3.63) is 53.2 Å². The Labute approximate surface area is 185 Å². The van der Waals surface area contributed by atoms with Crippen LogP contribution < -0.4 is 10.1 Å². The first kappa shape index (κ1) is 23.4. The zero-order valence-corrected chi connectivity index (χ0v) is 18.0. The average molecular weight is 455 g/mol. The molecule has 1 heterocycles. The summed E-state index contributed by atoms with van der Waals surface area (Å²) in [7, 11) is 0.